The molecule has 0 bridgehead atoms. The number of benzene rings is 1. The van der Waals surface area contributed by atoms with Crippen LogP contribution in [0.3, 0.4) is 0 Å². The minimum Gasteiger partial charge on any atom is -0.379 e. The average Bonchev–Trinajstić information content (AvgIpc) is 3.00. The Hall–Kier alpha value is -2.24. The van der Waals surface area contributed by atoms with Crippen LogP contribution >= 0.6 is 0 Å². The molecular formula is C18H18FN3O. The molecule has 0 saturated carbocycles. The van der Waals surface area contributed by atoms with Crippen molar-refractivity contribution in [2.24, 2.45) is 0 Å². The number of halogens is 1. The van der Waals surface area contributed by atoms with Crippen LogP contribution in [0.2, 0.25) is 0 Å². The Labute approximate surface area is 133 Å². The molecule has 3 heterocycles. The molecule has 118 valence electrons. The summed E-state index contributed by atoms with van der Waals surface area (Å²) in [6.45, 7) is 3.15. The Morgan fingerprint density at radius 3 is 2.70 bits per heavy atom. The molecule has 23 heavy (non-hydrogen) atoms. The highest BCUT2D eigenvalue weighted by Crippen LogP contribution is 2.34. The molecular weight excluding hydrogens is 293 g/mol. The molecule has 1 aromatic carbocycles. The van der Waals surface area contributed by atoms with E-state index in [0.717, 1.165) is 48.3 Å². The van der Waals surface area contributed by atoms with E-state index >= 15 is 0 Å². The number of morpholine rings is 1. The Balaban J connectivity index is 1.84. The van der Waals surface area contributed by atoms with E-state index in [1.54, 1.807) is 24.5 Å². The normalized spacial score (nSPS) is 17.4. The second-order valence-corrected chi connectivity index (χ2v) is 5.77. The zero-order chi connectivity index (χ0) is 15.6. The van der Waals surface area contributed by atoms with Crippen LogP contribution in [-0.2, 0) is 4.74 Å². The number of nitrogens with one attached hydrogen (secondary N) is 1. The van der Waals surface area contributed by atoms with Gasteiger partial charge in [0.1, 0.15) is 5.82 Å². The van der Waals surface area contributed by atoms with Crippen molar-refractivity contribution < 1.29 is 9.13 Å². The second kappa shape index (κ2) is 6.10. The third-order valence-corrected chi connectivity index (χ3v) is 4.40. The maximum atomic E-state index is 13.7. The highest BCUT2D eigenvalue weighted by Gasteiger charge is 2.26. The summed E-state index contributed by atoms with van der Waals surface area (Å²) in [5.74, 6) is -0.214. The molecule has 2 aromatic heterocycles. The summed E-state index contributed by atoms with van der Waals surface area (Å²) < 4.78 is 19.2. The van der Waals surface area contributed by atoms with Gasteiger partial charge in [-0.2, -0.15) is 0 Å². The lowest BCUT2D eigenvalue weighted by Crippen LogP contribution is -2.39. The van der Waals surface area contributed by atoms with E-state index in [1.807, 2.05) is 18.3 Å². The zero-order valence-corrected chi connectivity index (χ0v) is 12.7. The first-order valence-electron chi connectivity index (χ1n) is 7.81. The number of aromatic nitrogens is 2. The lowest BCUT2D eigenvalue weighted by Gasteiger charge is -2.34. The fourth-order valence-electron chi connectivity index (χ4n) is 3.31. The highest BCUT2D eigenvalue weighted by molar-refractivity contribution is 5.84. The van der Waals surface area contributed by atoms with E-state index in [1.165, 1.54) is 6.07 Å². The number of fused-ring (bicyclic) bond motifs is 1. The van der Waals surface area contributed by atoms with Crippen LogP contribution in [0.5, 0.6) is 0 Å². The number of H-pyrrole nitrogens is 1. The van der Waals surface area contributed by atoms with Gasteiger partial charge in [0.05, 0.1) is 19.3 Å². The van der Waals surface area contributed by atoms with Gasteiger partial charge in [-0.25, -0.2) is 4.39 Å². The first-order chi connectivity index (χ1) is 11.3. The third-order valence-electron chi connectivity index (χ3n) is 4.40. The van der Waals surface area contributed by atoms with Gasteiger partial charge in [0.2, 0.25) is 0 Å². The number of nitrogens with zero attached hydrogens (tertiary/aromatic N) is 2. The summed E-state index contributed by atoms with van der Waals surface area (Å²) in [5.41, 5.74) is 3.20. The van der Waals surface area contributed by atoms with Gasteiger partial charge in [-0.3, -0.25) is 9.88 Å². The van der Waals surface area contributed by atoms with Crippen molar-refractivity contribution in [3.8, 4) is 0 Å². The molecule has 1 N–H and O–H groups in total. The molecule has 1 saturated heterocycles. The first kappa shape index (κ1) is 14.4. The summed E-state index contributed by atoms with van der Waals surface area (Å²) in [4.78, 5) is 9.77. The Morgan fingerprint density at radius 1 is 1.13 bits per heavy atom. The van der Waals surface area contributed by atoms with Crippen molar-refractivity contribution in [2.75, 3.05) is 26.3 Å². The summed E-state index contributed by atoms with van der Waals surface area (Å²) >= 11 is 0. The molecule has 1 aliphatic heterocycles. The predicted octanol–water partition coefficient (Wildman–Crippen LogP) is 3.12. The topological polar surface area (TPSA) is 41.2 Å². The van der Waals surface area contributed by atoms with Crippen molar-refractivity contribution in [1.82, 2.24) is 14.9 Å². The number of hydrogen-bond acceptors (Lipinski definition) is 3. The minimum atomic E-state index is -0.214. The third kappa shape index (κ3) is 2.73. The van der Waals surface area contributed by atoms with Crippen molar-refractivity contribution in [3.05, 3.63) is 65.9 Å². The van der Waals surface area contributed by atoms with E-state index in [0.29, 0.717) is 0 Å². The monoisotopic (exact) mass is 311 g/mol. The largest absolute Gasteiger partial charge is 0.379 e. The fourth-order valence-corrected chi connectivity index (χ4v) is 3.31. The molecule has 4 rings (SSSR count). The fraction of sp³-hybridized carbons (Fsp3) is 0.278. The Kier molecular flexibility index (Phi) is 3.81. The van der Waals surface area contributed by atoms with Crippen molar-refractivity contribution in [2.45, 2.75) is 6.04 Å². The molecule has 0 amide bonds. The van der Waals surface area contributed by atoms with E-state index in [4.69, 9.17) is 4.74 Å². The lowest BCUT2D eigenvalue weighted by atomic mass is 9.97. The van der Waals surface area contributed by atoms with E-state index in [2.05, 4.69) is 14.9 Å². The number of rotatable bonds is 3. The van der Waals surface area contributed by atoms with Gasteiger partial charge in [0.15, 0.2) is 0 Å². The summed E-state index contributed by atoms with van der Waals surface area (Å²) in [7, 11) is 0. The van der Waals surface area contributed by atoms with E-state index < -0.39 is 0 Å². The Morgan fingerprint density at radius 2 is 1.91 bits per heavy atom. The molecule has 3 aromatic rings. The van der Waals surface area contributed by atoms with Crippen LogP contribution in [0.25, 0.3) is 10.9 Å². The number of aromatic amines is 1. The predicted molar refractivity (Wildman–Crippen MR) is 86.7 cm³/mol. The SMILES string of the molecule is Fc1ccc2[nH]cc(C(c3ccncc3)N3CCOCC3)c2c1. The quantitative estimate of drug-likeness (QED) is 0.808. The molecule has 1 atom stereocenters. The van der Waals surface area contributed by atoms with Crippen LogP contribution in [0.15, 0.2) is 48.9 Å². The number of hydrogen-bond donors (Lipinski definition) is 1. The van der Waals surface area contributed by atoms with Gasteiger partial charge >= 0.3 is 0 Å². The molecule has 0 aliphatic carbocycles. The van der Waals surface area contributed by atoms with Gasteiger partial charge in [-0.1, -0.05) is 0 Å². The Bertz CT molecular complexity index is 796. The summed E-state index contributed by atoms with van der Waals surface area (Å²) in [5, 5.41) is 0.929. The highest BCUT2D eigenvalue weighted by atomic mass is 19.1. The van der Waals surface area contributed by atoms with Gasteiger partial charge < -0.3 is 9.72 Å². The van der Waals surface area contributed by atoms with Crippen molar-refractivity contribution in [1.29, 1.82) is 0 Å². The maximum Gasteiger partial charge on any atom is 0.123 e. The van der Waals surface area contributed by atoms with Crippen LogP contribution in [0.1, 0.15) is 17.2 Å². The molecule has 0 radical (unpaired) electrons. The molecule has 1 unspecified atom stereocenters. The van der Waals surface area contributed by atoms with Gasteiger partial charge in [-0.05, 0) is 41.5 Å². The summed E-state index contributed by atoms with van der Waals surface area (Å²) in [6, 6.07) is 9.00. The molecule has 1 fully saturated rings. The second-order valence-electron chi connectivity index (χ2n) is 5.77. The standard InChI is InChI=1S/C18H18FN3O/c19-14-1-2-17-15(11-14)16(12-21-17)18(13-3-5-20-6-4-13)22-7-9-23-10-8-22/h1-6,11-12,18,21H,7-10H2. The molecule has 4 nitrogen and oxygen atoms in total. The lowest BCUT2D eigenvalue weighted by molar-refractivity contribution is 0.0242. The summed E-state index contributed by atoms with van der Waals surface area (Å²) in [6.07, 6.45) is 5.60. The van der Waals surface area contributed by atoms with Gasteiger partial charge in [-0.15, -0.1) is 0 Å². The molecule has 5 heteroatoms. The van der Waals surface area contributed by atoms with Crippen LogP contribution in [0.4, 0.5) is 4.39 Å². The first-order valence-corrected chi connectivity index (χ1v) is 7.81. The van der Waals surface area contributed by atoms with Crippen molar-refractivity contribution in [3.63, 3.8) is 0 Å². The van der Waals surface area contributed by atoms with Gasteiger partial charge in [0.25, 0.3) is 0 Å². The van der Waals surface area contributed by atoms with Crippen molar-refractivity contribution >= 4 is 10.9 Å². The smallest absolute Gasteiger partial charge is 0.123 e. The van der Waals surface area contributed by atoms with Crippen LogP contribution in [0, 0.1) is 5.82 Å². The average molecular weight is 311 g/mol. The van der Waals surface area contributed by atoms with E-state index in [9.17, 15) is 4.39 Å². The van der Waals surface area contributed by atoms with E-state index in [-0.39, 0.29) is 11.9 Å². The zero-order valence-electron chi connectivity index (χ0n) is 12.7. The molecule has 0 spiro atoms. The number of ether oxygens (including phenoxy) is 1. The van der Waals surface area contributed by atoms with Gasteiger partial charge in [0, 0.05) is 42.6 Å². The van der Waals surface area contributed by atoms with Crippen LogP contribution in [-0.4, -0.2) is 41.2 Å². The molecule has 1 aliphatic rings. The maximum absolute atomic E-state index is 13.7. The number of pyridine rings is 1. The minimum absolute atomic E-state index is 0.0671. The van der Waals surface area contributed by atoms with Crippen LogP contribution < -0.4 is 0 Å².